The lowest BCUT2D eigenvalue weighted by Crippen LogP contribution is -2.42. The molecule has 0 saturated carbocycles. The molecule has 6 nitrogen and oxygen atoms in total. The number of rotatable bonds is 4. The van der Waals surface area contributed by atoms with Crippen LogP contribution in [-0.2, 0) is 13.0 Å². The van der Waals surface area contributed by atoms with Gasteiger partial charge in [-0.05, 0) is 6.92 Å². The Morgan fingerprint density at radius 2 is 2.21 bits per heavy atom. The van der Waals surface area contributed by atoms with Gasteiger partial charge in [-0.3, -0.25) is 4.90 Å². The van der Waals surface area contributed by atoms with Gasteiger partial charge >= 0.3 is 0 Å². The first-order valence-electron chi connectivity index (χ1n) is 6.45. The zero-order valence-corrected chi connectivity index (χ0v) is 11.7. The van der Waals surface area contributed by atoms with Gasteiger partial charge in [0.15, 0.2) is 5.82 Å². The highest BCUT2D eigenvalue weighted by molar-refractivity contribution is 7.09. The standard InChI is InChI=1S/C12H17N5OS/c1-9-8-19-12(14-9)6-10-15-11(18-16-10)7-17-4-2-13-3-5-17/h8,13H,2-7H2,1H3. The van der Waals surface area contributed by atoms with Crippen LogP contribution in [0.2, 0.25) is 0 Å². The zero-order valence-electron chi connectivity index (χ0n) is 10.9. The molecule has 0 atom stereocenters. The van der Waals surface area contributed by atoms with E-state index in [1.165, 1.54) is 0 Å². The summed E-state index contributed by atoms with van der Waals surface area (Å²) in [6.45, 7) is 6.85. The maximum absolute atomic E-state index is 5.30. The molecule has 0 spiro atoms. The average Bonchev–Trinajstić information content (AvgIpc) is 3.01. The van der Waals surface area contributed by atoms with Crippen molar-refractivity contribution in [2.45, 2.75) is 19.9 Å². The van der Waals surface area contributed by atoms with Crippen molar-refractivity contribution in [3.05, 3.63) is 27.8 Å². The van der Waals surface area contributed by atoms with E-state index < -0.39 is 0 Å². The minimum Gasteiger partial charge on any atom is -0.338 e. The largest absolute Gasteiger partial charge is 0.338 e. The summed E-state index contributed by atoms with van der Waals surface area (Å²) in [4.78, 5) is 11.2. The molecule has 0 aliphatic carbocycles. The second-order valence-corrected chi connectivity index (χ2v) is 5.63. The maximum atomic E-state index is 5.30. The van der Waals surface area contributed by atoms with Crippen molar-refractivity contribution < 1.29 is 4.52 Å². The smallest absolute Gasteiger partial charge is 0.240 e. The quantitative estimate of drug-likeness (QED) is 0.894. The molecule has 1 aliphatic heterocycles. The average molecular weight is 279 g/mol. The number of aryl methyl sites for hydroxylation is 1. The number of piperazine rings is 1. The highest BCUT2D eigenvalue weighted by atomic mass is 32.1. The Hall–Kier alpha value is -1.31. The third kappa shape index (κ3) is 3.37. The SMILES string of the molecule is Cc1csc(Cc2noc(CN3CCNCC3)n2)n1. The first-order valence-corrected chi connectivity index (χ1v) is 7.33. The van der Waals surface area contributed by atoms with Crippen LogP contribution >= 0.6 is 11.3 Å². The van der Waals surface area contributed by atoms with Gasteiger partial charge in [-0.1, -0.05) is 5.16 Å². The van der Waals surface area contributed by atoms with E-state index in [1.54, 1.807) is 11.3 Å². The molecule has 0 unspecified atom stereocenters. The summed E-state index contributed by atoms with van der Waals surface area (Å²) < 4.78 is 5.30. The summed E-state index contributed by atoms with van der Waals surface area (Å²) in [6, 6.07) is 0. The van der Waals surface area contributed by atoms with Crippen molar-refractivity contribution in [3.8, 4) is 0 Å². The van der Waals surface area contributed by atoms with E-state index in [-0.39, 0.29) is 0 Å². The summed E-state index contributed by atoms with van der Waals surface area (Å²) in [5.41, 5.74) is 1.05. The molecule has 3 rings (SSSR count). The zero-order chi connectivity index (χ0) is 13.1. The molecule has 0 amide bonds. The topological polar surface area (TPSA) is 67.1 Å². The second-order valence-electron chi connectivity index (χ2n) is 4.69. The third-order valence-electron chi connectivity index (χ3n) is 3.05. The summed E-state index contributed by atoms with van der Waals surface area (Å²) in [6.07, 6.45) is 0.656. The summed E-state index contributed by atoms with van der Waals surface area (Å²) in [7, 11) is 0. The van der Waals surface area contributed by atoms with Gasteiger partial charge in [0.2, 0.25) is 5.89 Å². The van der Waals surface area contributed by atoms with Crippen molar-refractivity contribution in [2.24, 2.45) is 0 Å². The highest BCUT2D eigenvalue weighted by Gasteiger charge is 2.15. The summed E-state index contributed by atoms with van der Waals surface area (Å²) in [5.74, 6) is 1.42. The lowest BCUT2D eigenvalue weighted by atomic mass is 10.3. The normalized spacial score (nSPS) is 16.9. The van der Waals surface area contributed by atoms with Crippen LogP contribution in [0.4, 0.5) is 0 Å². The molecule has 1 saturated heterocycles. The number of hydrogen-bond donors (Lipinski definition) is 1. The highest BCUT2D eigenvalue weighted by Crippen LogP contribution is 2.13. The molecule has 1 fully saturated rings. The molecular weight excluding hydrogens is 262 g/mol. The first kappa shape index (κ1) is 12.7. The molecule has 102 valence electrons. The third-order valence-corrected chi connectivity index (χ3v) is 4.02. The first-order chi connectivity index (χ1) is 9.29. The molecule has 0 aromatic carbocycles. The number of aromatic nitrogens is 3. The van der Waals surface area contributed by atoms with E-state index in [9.17, 15) is 0 Å². The van der Waals surface area contributed by atoms with Gasteiger partial charge in [-0.25, -0.2) is 4.98 Å². The van der Waals surface area contributed by atoms with Gasteiger partial charge in [0.1, 0.15) is 5.01 Å². The predicted octanol–water partition coefficient (Wildman–Crippen LogP) is 0.831. The van der Waals surface area contributed by atoms with Gasteiger partial charge in [-0.2, -0.15) is 4.98 Å². The van der Waals surface area contributed by atoms with Crippen LogP contribution in [0.5, 0.6) is 0 Å². The molecule has 2 aromatic rings. The van der Waals surface area contributed by atoms with Crippen LogP contribution in [0, 0.1) is 6.92 Å². The van der Waals surface area contributed by atoms with Crippen molar-refractivity contribution in [3.63, 3.8) is 0 Å². The van der Waals surface area contributed by atoms with Crippen molar-refractivity contribution in [2.75, 3.05) is 26.2 Å². The maximum Gasteiger partial charge on any atom is 0.240 e. The molecule has 0 bridgehead atoms. The van der Waals surface area contributed by atoms with Gasteiger partial charge in [0.05, 0.1) is 13.0 Å². The fourth-order valence-corrected chi connectivity index (χ4v) is 2.87. The van der Waals surface area contributed by atoms with Gasteiger partial charge in [-0.15, -0.1) is 11.3 Å². The van der Waals surface area contributed by atoms with E-state index in [1.807, 2.05) is 12.3 Å². The van der Waals surface area contributed by atoms with E-state index in [2.05, 4.69) is 25.3 Å². The summed E-state index contributed by atoms with van der Waals surface area (Å²) in [5, 5.41) is 10.4. The van der Waals surface area contributed by atoms with Crippen molar-refractivity contribution in [1.82, 2.24) is 25.3 Å². The monoisotopic (exact) mass is 279 g/mol. The van der Waals surface area contributed by atoms with E-state index >= 15 is 0 Å². The molecular formula is C12H17N5OS. The Labute approximate surface area is 115 Å². The van der Waals surface area contributed by atoms with Crippen molar-refractivity contribution >= 4 is 11.3 Å². The van der Waals surface area contributed by atoms with Crippen molar-refractivity contribution in [1.29, 1.82) is 0 Å². The summed E-state index contributed by atoms with van der Waals surface area (Å²) >= 11 is 1.64. The fraction of sp³-hybridized carbons (Fsp3) is 0.583. The molecule has 3 heterocycles. The number of thiazole rings is 1. The van der Waals surface area contributed by atoms with Gasteiger partial charge < -0.3 is 9.84 Å². The van der Waals surface area contributed by atoms with Crippen LogP contribution in [-0.4, -0.2) is 46.2 Å². The minimum atomic E-state index is 0.656. The fourth-order valence-electron chi connectivity index (χ4n) is 2.11. The molecule has 19 heavy (non-hydrogen) atoms. The van der Waals surface area contributed by atoms with Crippen LogP contribution in [0.3, 0.4) is 0 Å². The molecule has 0 radical (unpaired) electrons. The van der Waals surface area contributed by atoms with E-state index in [4.69, 9.17) is 4.52 Å². The molecule has 1 N–H and O–H groups in total. The molecule has 7 heteroatoms. The van der Waals surface area contributed by atoms with Crippen LogP contribution in [0.1, 0.15) is 22.4 Å². The van der Waals surface area contributed by atoms with Crippen LogP contribution < -0.4 is 5.32 Å². The van der Waals surface area contributed by atoms with Crippen LogP contribution in [0.15, 0.2) is 9.90 Å². The number of nitrogens with one attached hydrogen (secondary N) is 1. The number of hydrogen-bond acceptors (Lipinski definition) is 7. The Morgan fingerprint density at radius 1 is 1.37 bits per heavy atom. The minimum absolute atomic E-state index is 0.656. The Bertz CT molecular complexity index is 532. The lowest BCUT2D eigenvalue weighted by molar-refractivity contribution is 0.203. The van der Waals surface area contributed by atoms with Gasteiger partial charge in [0.25, 0.3) is 0 Å². The molecule has 1 aliphatic rings. The lowest BCUT2D eigenvalue weighted by Gasteiger charge is -2.25. The second kappa shape index (κ2) is 5.77. The Balaban J connectivity index is 1.59. The Morgan fingerprint density at radius 3 is 2.95 bits per heavy atom. The van der Waals surface area contributed by atoms with E-state index in [0.29, 0.717) is 12.3 Å². The number of nitrogens with zero attached hydrogens (tertiary/aromatic N) is 4. The molecule has 2 aromatic heterocycles. The van der Waals surface area contributed by atoms with Crippen LogP contribution in [0.25, 0.3) is 0 Å². The van der Waals surface area contributed by atoms with Gasteiger partial charge in [0, 0.05) is 37.3 Å². The Kier molecular flexibility index (Phi) is 3.86. The van der Waals surface area contributed by atoms with E-state index in [0.717, 1.165) is 49.2 Å². The predicted molar refractivity (Wildman–Crippen MR) is 72.1 cm³/mol.